The van der Waals surface area contributed by atoms with Crippen molar-refractivity contribution in [1.82, 2.24) is 10.6 Å². The SMILES string of the molecule is CCC(C)(NC(=O)NCCCCCOC)C(=O)O. The molecule has 0 bridgehead atoms. The molecule has 0 aromatic heterocycles. The van der Waals surface area contributed by atoms with Gasteiger partial charge in [-0.15, -0.1) is 0 Å². The topological polar surface area (TPSA) is 87.7 Å². The predicted molar refractivity (Wildman–Crippen MR) is 68.6 cm³/mol. The van der Waals surface area contributed by atoms with Crippen LogP contribution >= 0.6 is 0 Å². The zero-order chi connectivity index (χ0) is 14.0. The van der Waals surface area contributed by atoms with Crippen molar-refractivity contribution in [2.24, 2.45) is 0 Å². The Balaban J connectivity index is 3.80. The molecule has 6 nitrogen and oxygen atoms in total. The van der Waals surface area contributed by atoms with E-state index in [1.165, 1.54) is 6.92 Å². The lowest BCUT2D eigenvalue weighted by Gasteiger charge is -2.24. The summed E-state index contributed by atoms with van der Waals surface area (Å²) in [6, 6.07) is -0.437. The average molecular weight is 260 g/mol. The summed E-state index contributed by atoms with van der Waals surface area (Å²) in [7, 11) is 1.66. The van der Waals surface area contributed by atoms with Gasteiger partial charge in [0.1, 0.15) is 5.54 Å². The van der Waals surface area contributed by atoms with E-state index in [1.807, 2.05) is 0 Å². The van der Waals surface area contributed by atoms with Crippen LogP contribution in [0, 0.1) is 0 Å². The Morgan fingerprint density at radius 2 is 1.94 bits per heavy atom. The molecule has 0 radical (unpaired) electrons. The van der Waals surface area contributed by atoms with Gasteiger partial charge in [-0.3, -0.25) is 0 Å². The van der Waals surface area contributed by atoms with Gasteiger partial charge in [0.25, 0.3) is 0 Å². The molecule has 0 aromatic rings. The molecule has 0 fully saturated rings. The summed E-state index contributed by atoms with van der Waals surface area (Å²) in [4.78, 5) is 22.5. The molecule has 18 heavy (non-hydrogen) atoms. The number of hydrogen-bond acceptors (Lipinski definition) is 3. The first kappa shape index (κ1) is 16.7. The number of aliphatic carboxylic acids is 1. The van der Waals surface area contributed by atoms with Crippen LogP contribution in [0.2, 0.25) is 0 Å². The fourth-order valence-electron chi connectivity index (χ4n) is 1.34. The minimum absolute atomic E-state index is 0.337. The van der Waals surface area contributed by atoms with E-state index in [0.717, 1.165) is 25.9 Å². The van der Waals surface area contributed by atoms with E-state index in [9.17, 15) is 9.59 Å². The monoisotopic (exact) mass is 260 g/mol. The molecule has 106 valence electrons. The number of amides is 2. The van der Waals surface area contributed by atoms with Crippen molar-refractivity contribution in [2.75, 3.05) is 20.3 Å². The van der Waals surface area contributed by atoms with E-state index in [0.29, 0.717) is 13.0 Å². The number of hydrogen-bond donors (Lipinski definition) is 3. The molecule has 6 heteroatoms. The van der Waals surface area contributed by atoms with Crippen LogP contribution in [0.25, 0.3) is 0 Å². The maximum absolute atomic E-state index is 11.5. The number of carboxylic acids is 1. The van der Waals surface area contributed by atoms with E-state index >= 15 is 0 Å². The largest absolute Gasteiger partial charge is 0.480 e. The molecular formula is C12H24N2O4. The second-order valence-electron chi connectivity index (χ2n) is 4.43. The highest BCUT2D eigenvalue weighted by Gasteiger charge is 2.32. The molecule has 0 aliphatic carbocycles. The predicted octanol–water partition coefficient (Wildman–Crippen LogP) is 1.36. The lowest BCUT2D eigenvalue weighted by Crippen LogP contribution is -2.54. The van der Waals surface area contributed by atoms with Crippen LogP contribution in [0.4, 0.5) is 4.79 Å². The van der Waals surface area contributed by atoms with Gasteiger partial charge >= 0.3 is 12.0 Å². The Labute approximate surface area is 108 Å². The molecule has 0 saturated carbocycles. The average Bonchev–Trinajstić information content (AvgIpc) is 2.33. The highest BCUT2D eigenvalue weighted by molar-refractivity contribution is 5.85. The Morgan fingerprint density at radius 1 is 1.28 bits per heavy atom. The van der Waals surface area contributed by atoms with Gasteiger partial charge in [0.2, 0.25) is 0 Å². The highest BCUT2D eigenvalue weighted by Crippen LogP contribution is 2.08. The van der Waals surface area contributed by atoms with Gasteiger partial charge in [0.05, 0.1) is 0 Å². The van der Waals surface area contributed by atoms with Crippen molar-refractivity contribution in [3.05, 3.63) is 0 Å². The van der Waals surface area contributed by atoms with E-state index in [1.54, 1.807) is 14.0 Å². The number of carbonyl (C=O) groups excluding carboxylic acids is 1. The summed E-state index contributed by atoms with van der Waals surface area (Å²) in [5.74, 6) is -1.03. The van der Waals surface area contributed by atoms with E-state index in [4.69, 9.17) is 9.84 Å². The third kappa shape index (κ3) is 6.44. The third-order valence-electron chi connectivity index (χ3n) is 2.88. The normalized spacial score (nSPS) is 13.7. The van der Waals surface area contributed by atoms with Gasteiger partial charge in [-0.05, 0) is 32.6 Å². The first-order valence-electron chi connectivity index (χ1n) is 6.24. The van der Waals surface area contributed by atoms with Crippen molar-refractivity contribution in [3.63, 3.8) is 0 Å². The van der Waals surface area contributed by atoms with Gasteiger partial charge in [-0.25, -0.2) is 9.59 Å². The first-order valence-corrected chi connectivity index (χ1v) is 6.24. The summed E-state index contributed by atoms with van der Waals surface area (Å²) in [6.45, 7) is 4.47. The summed E-state index contributed by atoms with van der Waals surface area (Å²) in [6.07, 6.45) is 3.12. The van der Waals surface area contributed by atoms with E-state index in [2.05, 4.69) is 10.6 Å². The van der Waals surface area contributed by atoms with Gasteiger partial charge < -0.3 is 20.5 Å². The van der Waals surface area contributed by atoms with Crippen molar-refractivity contribution in [1.29, 1.82) is 0 Å². The smallest absolute Gasteiger partial charge is 0.329 e. The van der Waals surface area contributed by atoms with Gasteiger partial charge in [0, 0.05) is 20.3 Å². The van der Waals surface area contributed by atoms with Crippen LogP contribution in [0.15, 0.2) is 0 Å². The molecular weight excluding hydrogens is 236 g/mol. The van der Waals surface area contributed by atoms with E-state index in [-0.39, 0.29) is 0 Å². The van der Waals surface area contributed by atoms with Crippen molar-refractivity contribution < 1.29 is 19.4 Å². The summed E-state index contributed by atoms with van der Waals surface area (Å²) in [5.41, 5.74) is -1.21. The summed E-state index contributed by atoms with van der Waals surface area (Å²) >= 11 is 0. The molecule has 2 amide bonds. The molecule has 0 heterocycles. The van der Waals surface area contributed by atoms with Crippen molar-refractivity contribution >= 4 is 12.0 Å². The van der Waals surface area contributed by atoms with Crippen LogP contribution in [-0.4, -0.2) is 42.9 Å². The van der Waals surface area contributed by atoms with Crippen molar-refractivity contribution in [3.8, 4) is 0 Å². The quantitative estimate of drug-likeness (QED) is 0.546. The number of carboxylic acid groups (broad SMARTS) is 1. The minimum Gasteiger partial charge on any atom is -0.480 e. The number of methoxy groups -OCH3 is 1. The number of carbonyl (C=O) groups is 2. The highest BCUT2D eigenvalue weighted by atomic mass is 16.5. The zero-order valence-corrected chi connectivity index (χ0v) is 11.4. The van der Waals surface area contributed by atoms with Gasteiger partial charge in [0.15, 0.2) is 0 Å². The minimum atomic E-state index is -1.21. The lowest BCUT2D eigenvalue weighted by molar-refractivity contribution is -0.143. The molecule has 0 rings (SSSR count). The maximum Gasteiger partial charge on any atom is 0.329 e. The lowest BCUT2D eigenvalue weighted by atomic mass is 10.00. The number of nitrogens with one attached hydrogen (secondary N) is 2. The molecule has 0 spiro atoms. The summed E-state index contributed by atoms with van der Waals surface area (Å²) < 4.78 is 4.91. The third-order valence-corrected chi connectivity index (χ3v) is 2.88. The standard InChI is InChI=1S/C12H24N2O4/c1-4-12(2,10(15)16)14-11(17)13-8-6-5-7-9-18-3/h4-9H2,1-3H3,(H,15,16)(H2,13,14,17). The Hall–Kier alpha value is -1.30. The maximum atomic E-state index is 11.5. The van der Waals surface area contributed by atoms with Crippen LogP contribution in [0.3, 0.4) is 0 Å². The van der Waals surface area contributed by atoms with Gasteiger partial charge in [-0.1, -0.05) is 6.92 Å². The molecule has 0 aromatic carbocycles. The fourth-order valence-corrected chi connectivity index (χ4v) is 1.34. The molecule has 0 aliphatic rings. The van der Waals surface area contributed by atoms with E-state index < -0.39 is 17.5 Å². The second kappa shape index (κ2) is 8.74. The molecule has 3 N–H and O–H groups in total. The first-order chi connectivity index (χ1) is 8.46. The Kier molecular flexibility index (Phi) is 8.11. The van der Waals surface area contributed by atoms with Crippen molar-refractivity contribution in [2.45, 2.75) is 45.1 Å². The van der Waals surface area contributed by atoms with Crippen LogP contribution in [0.5, 0.6) is 0 Å². The molecule has 1 atom stereocenters. The summed E-state index contributed by atoms with van der Waals surface area (Å²) in [5, 5.41) is 14.1. The van der Waals surface area contributed by atoms with Crippen LogP contribution < -0.4 is 10.6 Å². The second-order valence-corrected chi connectivity index (χ2v) is 4.43. The molecule has 0 saturated heterocycles. The number of ether oxygens (including phenoxy) is 1. The van der Waals surface area contributed by atoms with Crippen LogP contribution in [-0.2, 0) is 9.53 Å². The zero-order valence-electron chi connectivity index (χ0n) is 11.4. The number of unbranched alkanes of at least 4 members (excludes halogenated alkanes) is 2. The number of urea groups is 1. The Bertz CT molecular complexity index is 271. The fraction of sp³-hybridized carbons (Fsp3) is 0.833. The molecule has 1 unspecified atom stereocenters. The molecule has 0 aliphatic heterocycles. The number of rotatable bonds is 9. The van der Waals surface area contributed by atoms with Crippen LogP contribution in [0.1, 0.15) is 39.5 Å². The Morgan fingerprint density at radius 3 is 2.44 bits per heavy atom. The van der Waals surface area contributed by atoms with Gasteiger partial charge in [-0.2, -0.15) is 0 Å².